The third-order valence-corrected chi connectivity index (χ3v) is 6.44. The molecular weight excluding hydrogens is 516 g/mol. The number of rotatable bonds is 3. The van der Waals surface area contributed by atoms with Crippen LogP contribution in [-0.2, 0) is 5.92 Å². The number of carbonyl (C=O) groups is 1. The van der Waals surface area contributed by atoms with Crippen molar-refractivity contribution in [1.29, 1.82) is 0 Å². The molecule has 2 aromatic carbocycles. The van der Waals surface area contributed by atoms with Gasteiger partial charge in [0.1, 0.15) is 29.5 Å². The van der Waals surface area contributed by atoms with Crippen LogP contribution in [0.3, 0.4) is 0 Å². The molecule has 2 N–H and O–H groups in total. The molecule has 4 aromatic rings. The highest BCUT2D eigenvalue weighted by Gasteiger charge is 2.59. The summed E-state index contributed by atoms with van der Waals surface area (Å²) >= 11 is 0. The number of hydrogen-bond donors (Lipinski definition) is 1. The van der Waals surface area contributed by atoms with Gasteiger partial charge in [-0.25, -0.2) is 14.4 Å². The first-order valence-electron chi connectivity index (χ1n) is 11.4. The van der Waals surface area contributed by atoms with Crippen LogP contribution in [0.1, 0.15) is 48.3 Å². The fraction of sp³-hybridized carbons (Fsp3) is 0.320. The van der Waals surface area contributed by atoms with E-state index in [0.717, 1.165) is 12.1 Å². The van der Waals surface area contributed by atoms with Crippen LogP contribution >= 0.6 is 0 Å². The van der Waals surface area contributed by atoms with Crippen LogP contribution < -0.4 is 10.5 Å². The summed E-state index contributed by atoms with van der Waals surface area (Å²) in [5, 5.41) is 0. The molecule has 38 heavy (non-hydrogen) atoms. The molecule has 200 valence electrons. The van der Waals surface area contributed by atoms with Gasteiger partial charge in [0.2, 0.25) is 0 Å². The number of aromatic nitrogens is 3. The van der Waals surface area contributed by atoms with Crippen LogP contribution in [0.5, 0.6) is 5.75 Å². The van der Waals surface area contributed by atoms with Crippen molar-refractivity contribution >= 4 is 28.3 Å². The van der Waals surface area contributed by atoms with Gasteiger partial charge in [0.15, 0.2) is 0 Å². The van der Waals surface area contributed by atoms with Gasteiger partial charge in [0, 0.05) is 22.7 Å². The van der Waals surface area contributed by atoms with Gasteiger partial charge in [-0.3, -0.25) is 9.20 Å². The molecule has 0 fully saturated rings. The molecule has 2 aromatic heterocycles. The zero-order valence-electron chi connectivity index (χ0n) is 20.3. The number of benzene rings is 2. The third kappa shape index (κ3) is 3.87. The number of halogens is 6. The SMILES string of the molecule is CC(C)(C)N(C(=O)c1cc2c(cc1F)nc(N)c1cncn12)[C@@H]1COc2cc(C(F)(F)C(F)(F)F)ccc21. The molecule has 0 spiro atoms. The predicted molar refractivity (Wildman–Crippen MR) is 125 cm³/mol. The number of ether oxygens (including phenoxy) is 1. The largest absolute Gasteiger partial charge is 0.491 e. The van der Waals surface area contributed by atoms with Crippen molar-refractivity contribution < 1.29 is 35.9 Å². The molecule has 0 aliphatic carbocycles. The Hall–Kier alpha value is -4.03. The first kappa shape index (κ1) is 25.6. The molecule has 1 aliphatic heterocycles. The Balaban J connectivity index is 1.59. The molecule has 1 aliphatic rings. The molecule has 1 amide bonds. The lowest BCUT2D eigenvalue weighted by molar-refractivity contribution is -0.289. The Morgan fingerprint density at radius 2 is 1.82 bits per heavy atom. The second-order valence-electron chi connectivity index (χ2n) is 9.96. The summed E-state index contributed by atoms with van der Waals surface area (Å²) < 4.78 is 88.7. The van der Waals surface area contributed by atoms with Gasteiger partial charge in [0.25, 0.3) is 5.91 Å². The number of amides is 1. The number of nitrogen functional groups attached to an aromatic ring is 1. The second kappa shape index (κ2) is 8.23. The standard InChI is InChI=1S/C25H21F6N5O2/c1-23(2,3)36(19-10-38-20-6-12(4-5-13(19)20)24(27,28)25(29,30)31)22(37)14-7-17-16(8-15(14)26)34-21(32)18-9-33-11-35(17)18/h4-9,11,19H,10H2,1-3H3,(H2,32,34)/t19-/m1/s1. The van der Waals surface area contributed by atoms with Crippen LogP contribution in [0.25, 0.3) is 16.6 Å². The minimum Gasteiger partial charge on any atom is -0.491 e. The van der Waals surface area contributed by atoms with E-state index in [-0.39, 0.29) is 34.8 Å². The minimum atomic E-state index is -5.79. The summed E-state index contributed by atoms with van der Waals surface area (Å²) in [7, 11) is 0. The molecule has 0 bridgehead atoms. The normalized spacial score (nSPS) is 16.1. The van der Waals surface area contributed by atoms with Gasteiger partial charge in [-0.2, -0.15) is 22.0 Å². The van der Waals surface area contributed by atoms with E-state index in [0.29, 0.717) is 23.2 Å². The van der Waals surface area contributed by atoms with Crippen molar-refractivity contribution in [2.75, 3.05) is 12.3 Å². The van der Waals surface area contributed by atoms with Crippen LogP contribution in [0.4, 0.5) is 32.2 Å². The molecular formula is C25H21F6N5O2. The lowest BCUT2D eigenvalue weighted by Crippen LogP contribution is -2.48. The van der Waals surface area contributed by atoms with Crippen LogP contribution in [0.2, 0.25) is 0 Å². The van der Waals surface area contributed by atoms with E-state index in [1.807, 2.05) is 0 Å². The highest BCUT2D eigenvalue weighted by atomic mass is 19.4. The summed E-state index contributed by atoms with van der Waals surface area (Å²) in [5.41, 5.74) is 4.63. The Labute approximate surface area is 211 Å². The Morgan fingerprint density at radius 1 is 1.11 bits per heavy atom. The highest BCUT2D eigenvalue weighted by molar-refractivity contribution is 5.99. The molecule has 0 saturated carbocycles. The molecule has 3 heterocycles. The van der Waals surface area contributed by atoms with Crippen molar-refractivity contribution in [3.8, 4) is 5.75 Å². The lowest BCUT2D eigenvalue weighted by Gasteiger charge is -2.40. The molecule has 7 nitrogen and oxygen atoms in total. The van der Waals surface area contributed by atoms with Gasteiger partial charge in [-0.1, -0.05) is 12.1 Å². The second-order valence-corrected chi connectivity index (χ2v) is 9.96. The molecule has 0 unspecified atom stereocenters. The van der Waals surface area contributed by atoms with Crippen molar-refractivity contribution in [3.05, 3.63) is 65.4 Å². The highest BCUT2D eigenvalue weighted by Crippen LogP contribution is 2.47. The molecule has 13 heteroatoms. The maximum Gasteiger partial charge on any atom is 0.458 e. The maximum absolute atomic E-state index is 15.3. The van der Waals surface area contributed by atoms with Gasteiger partial charge in [-0.15, -0.1) is 0 Å². The van der Waals surface area contributed by atoms with Crippen LogP contribution in [0, 0.1) is 5.82 Å². The summed E-state index contributed by atoms with van der Waals surface area (Å²) in [6.45, 7) is 4.83. The number of nitrogens with two attached hydrogens (primary N) is 1. The monoisotopic (exact) mass is 537 g/mol. The van der Waals surface area contributed by atoms with Crippen molar-refractivity contribution in [3.63, 3.8) is 0 Å². The summed E-state index contributed by atoms with van der Waals surface area (Å²) in [6.07, 6.45) is -2.88. The number of hydrogen-bond acceptors (Lipinski definition) is 5. The van der Waals surface area contributed by atoms with E-state index in [2.05, 4.69) is 9.97 Å². The van der Waals surface area contributed by atoms with E-state index in [4.69, 9.17) is 10.5 Å². The number of alkyl halides is 5. The van der Waals surface area contributed by atoms with Gasteiger partial charge in [0.05, 0.1) is 35.2 Å². The van der Waals surface area contributed by atoms with E-state index in [1.165, 1.54) is 23.5 Å². The summed E-state index contributed by atoms with van der Waals surface area (Å²) in [5.74, 6) is -6.79. The van der Waals surface area contributed by atoms with Crippen molar-refractivity contribution in [1.82, 2.24) is 19.3 Å². The Morgan fingerprint density at radius 3 is 2.47 bits per heavy atom. The average molecular weight is 537 g/mol. The predicted octanol–water partition coefficient (Wildman–Crippen LogP) is 5.63. The topological polar surface area (TPSA) is 85.8 Å². The van der Waals surface area contributed by atoms with Crippen molar-refractivity contribution in [2.24, 2.45) is 0 Å². The van der Waals surface area contributed by atoms with Crippen LogP contribution in [0.15, 0.2) is 42.9 Å². The number of nitrogens with zero attached hydrogens (tertiary/aromatic N) is 4. The minimum absolute atomic E-state index is 0.125. The fourth-order valence-electron chi connectivity index (χ4n) is 4.67. The van der Waals surface area contributed by atoms with Gasteiger partial charge in [-0.05, 0) is 32.9 Å². The molecule has 1 atom stereocenters. The number of carbonyl (C=O) groups excluding carboxylic acids is 1. The first-order chi connectivity index (χ1) is 17.6. The van der Waals surface area contributed by atoms with Crippen LogP contribution in [-0.4, -0.2) is 43.5 Å². The smallest absolute Gasteiger partial charge is 0.458 e. The van der Waals surface area contributed by atoms with E-state index in [1.54, 1.807) is 25.2 Å². The van der Waals surface area contributed by atoms with E-state index >= 15 is 4.39 Å². The Kier molecular flexibility index (Phi) is 5.55. The molecule has 0 saturated heterocycles. The van der Waals surface area contributed by atoms with E-state index < -0.39 is 41.0 Å². The quantitative estimate of drug-likeness (QED) is 0.343. The zero-order chi connectivity index (χ0) is 27.8. The summed E-state index contributed by atoms with van der Waals surface area (Å²) in [6, 6.07) is 3.85. The van der Waals surface area contributed by atoms with Gasteiger partial charge < -0.3 is 15.4 Å². The number of imidazole rings is 1. The first-order valence-corrected chi connectivity index (χ1v) is 11.4. The summed E-state index contributed by atoms with van der Waals surface area (Å²) in [4.78, 5) is 23.4. The fourth-order valence-corrected chi connectivity index (χ4v) is 4.67. The maximum atomic E-state index is 15.3. The third-order valence-electron chi connectivity index (χ3n) is 6.44. The lowest BCUT2D eigenvalue weighted by atomic mass is 9.95. The average Bonchev–Trinajstić information content (AvgIpc) is 3.45. The Bertz CT molecular complexity index is 1590. The number of fused-ring (bicyclic) bond motifs is 4. The molecule has 5 rings (SSSR count). The zero-order valence-corrected chi connectivity index (χ0v) is 20.3. The van der Waals surface area contributed by atoms with Crippen molar-refractivity contribution in [2.45, 2.75) is 44.5 Å². The number of anilines is 1. The molecule has 0 radical (unpaired) electrons. The van der Waals surface area contributed by atoms with E-state index in [9.17, 15) is 26.7 Å². The van der Waals surface area contributed by atoms with Gasteiger partial charge >= 0.3 is 12.1 Å².